The molecule has 0 aliphatic carbocycles. The van der Waals surface area contributed by atoms with Gasteiger partial charge >= 0.3 is 8.03 Å². The topological polar surface area (TPSA) is 68.8 Å². The van der Waals surface area contributed by atoms with E-state index in [1.165, 1.54) is 13.0 Å². The predicted molar refractivity (Wildman–Crippen MR) is 31.1 cm³/mol. The Balaban J connectivity index is -0.0000000480. The molecule has 0 aliphatic heterocycles. The molecule has 0 saturated carbocycles. The summed E-state index contributed by atoms with van der Waals surface area (Å²) < 4.78 is 9.15. The van der Waals surface area contributed by atoms with Crippen LogP contribution < -0.4 is 0 Å². The van der Waals surface area contributed by atoms with Gasteiger partial charge in [-0.2, -0.15) is 4.89 Å². The molecule has 3 N–H and O–H groups in total. The van der Waals surface area contributed by atoms with Gasteiger partial charge in [-0.05, 0) is 4.57 Å². The quantitative estimate of drug-likeness (QED) is 0.398. The second-order valence-corrected chi connectivity index (χ2v) is 1.39. The molecule has 46 valence electrons. The first-order valence-electron chi connectivity index (χ1n) is 1.21. The second kappa shape index (κ2) is 16.2. The van der Waals surface area contributed by atoms with Gasteiger partial charge < -0.3 is 5.48 Å². The lowest BCUT2D eigenvalue weighted by Crippen LogP contribution is -1.35. The van der Waals surface area contributed by atoms with Crippen LogP contribution in [0, 0.1) is 0 Å². The minimum atomic E-state index is -1.87. The van der Waals surface area contributed by atoms with Crippen LogP contribution in [0.4, 0.5) is 0 Å². The van der Waals surface area contributed by atoms with Crippen molar-refractivity contribution in [3.63, 3.8) is 0 Å². The zero-order valence-corrected chi connectivity index (χ0v) is 5.83. The van der Waals surface area contributed by atoms with Crippen LogP contribution in [0.15, 0.2) is 0 Å². The fraction of sp³-hybridized carbons (Fsp3) is 1.00. The monoisotopic (exact) mass is 147 g/mol. The summed E-state index contributed by atoms with van der Waals surface area (Å²) in [6.07, 6.45) is 1.47. The summed E-state index contributed by atoms with van der Waals surface area (Å²) in [5.74, 6) is 0. The van der Waals surface area contributed by atoms with Gasteiger partial charge in [0.25, 0.3) is 0 Å². The fourth-order valence-corrected chi connectivity index (χ4v) is 0. The summed E-state index contributed by atoms with van der Waals surface area (Å²) >= 11 is 4.64. The van der Waals surface area contributed by atoms with Crippen LogP contribution in [0.5, 0.6) is 0 Å². The van der Waals surface area contributed by atoms with Gasteiger partial charge in [0.1, 0.15) is 0 Å². The highest BCUT2D eigenvalue weighted by Crippen LogP contribution is 1.99. The maximum absolute atomic E-state index is 9.15. The van der Waals surface area contributed by atoms with E-state index in [2.05, 4.69) is 11.6 Å². The summed E-state index contributed by atoms with van der Waals surface area (Å²) in [5.41, 5.74) is 0. The number of hydrogen-bond donors (Lipinski definition) is 1. The minimum Gasteiger partial charge on any atom is -0.412 e. The first-order valence-corrected chi connectivity index (χ1v) is 3.62. The van der Waals surface area contributed by atoms with Crippen molar-refractivity contribution in [2.45, 2.75) is 0 Å². The highest BCUT2D eigenvalue weighted by atomic mass is 35.5. The third-order valence-corrected chi connectivity index (χ3v) is 0. The van der Waals surface area contributed by atoms with Gasteiger partial charge in [0.2, 0.25) is 0 Å². The van der Waals surface area contributed by atoms with E-state index < -0.39 is 8.03 Å². The van der Waals surface area contributed by atoms with Crippen molar-refractivity contribution in [1.29, 1.82) is 0 Å². The SMILES string of the molecule is CCl.C[P+](=O)O.O. The summed E-state index contributed by atoms with van der Waals surface area (Å²) in [6.45, 7) is 1.23. The molecule has 7 heavy (non-hydrogen) atoms. The predicted octanol–water partition coefficient (Wildman–Crippen LogP) is 0.381. The first-order chi connectivity index (χ1) is 2.73. The van der Waals surface area contributed by atoms with Crippen LogP contribution in [0.2, 0.25) is 0 Å². The fourth-order valence-electron chi connectivity index (χ4n) is 0. The third kappa shape index (κ3) is 1220. The van der Waals surface area contributed by atoms with E-state index in [1.54, 1.807) is 0 Å². The van der Waals surface area contributed by atoms with Crippen LogP contribution in [-0.2, 0) is 4.57 Å². The lowest BCUT2D eigenvalue weighted by atomic mass is 12.0. The average Bonchev–Trinajstić information content (AvgIpc) is 1.41. The molecule has 0 bridgehead atoms. The van der Waals surface area contributed by atoms with E-state index in [-0.39, 0.29) is 5.48 Å². The average molecular weight is 148 g/mol. The van der Waals surface area contributed by atoms with E-state index in [9.17, 15) is 0 Å². The number of rotatable bonds is 0. The second-order valence-electron chi connectivity index (χ2n) is 0.464. The van der Waals surface area contributed by atoms with Gasteiger partial charge in [-0.3, -0.25) is 0 Å². The number of halogens is 1. The Hall–Kier alpha value is 0.310. The Labute approximate surface area is 48.5 Å². The van der Waals surface area contributed by atoms with Gasteiger partial charge in [0.15, 0.2) is 6.66 Å². The first kappa shape index (κ1) is 15.7. The smallest absolute Gasteiger partial charge is 0.412 e. The molecule has 0 spiro atoms. The molecule has 0 aromatic rings. The zero-order chi connectivity index (χ0) is 5.58. The van der Waals surface area contributed by atoms with Gasteiger partial charge in [0.05, 0.1) is 0 Å². The Morgan fingerprint density at radius 2 is 1.57 bits per heavy atom. The lowest BCUT2D eigenvalue weighted by Gasteiger charge is -1.36. The molecular formula is C2H9ClO3P+. The van der Waals surface area contributed by atoms with Crippen molar-refractivity contribution < 1.29 is 14.9 Å². The Morgan fingerprint density at radius 3 is 1.57 bits per heavy atom. The van der Waals surface area contributed by atoms with Crippen LogP contribution in [0.3, 0.4) is 0 Å². The summed E-state index contributed by atoms with van der Waals surface area (Å²) in [5, 5.41) is 0. The molecule has 5 heteroatoms. The largest absolute Gasteiger partial charge is 0.502 e. The zero-order valence-electron chi connectivity index (χ0n) is 4.18. The molecule has 0 radical (unpaired) electrons. The lowest BCUT2D eigenvalue weighted by molar-refractivity contribution is 0.509. The van der Waals surface area contributed by atoms with Crippen LogP contribution in [0.1, 0.15) is 0 Å². The van der Waals surface area contributed by atoms with Gasteiger partial charge in [0, 0.05) is 6.38 Å². The van der Waals surface area contributed by atoms with Crippen molar-refractivity contribution in [2.24, 2.45) is 0 Å². The Bertz CT molecular complexity index is 35.9. The minimum absolute atomic E-state index is 0. The molecule has 0 heterocycles. The Kier molecular flexibility index (Phi) is 36.3. The molecule has 0 amide bonds. The molecule has 3 nitrogen and oxygen atoms in total. The van der Waals surface area contributed by atoms with Crippen molar-refractivity contribution in [3.8, 4) is 0 Å². The van der Waals surface area contributed by atoms with E-state index in [0.717, 1.165) is 0 Å². The van der Waals surface area contributed by atoms with Gasteiger partial charge in [-0.15, -0.1) is 11.6 Å². The summed E-state index contributed by atoms with van der Waals surface area (Å²) in [7, 11) is -1.87. The maximum atomic E-state index is 9.15. The van der Waals surface area contributed by atoms with Gasteiger partial charge in [-0.25, -0.2) is 0 Å². The van der Waals surface area contributed by atoms with E-state index in [1.807, 2.05) is 0 Å². The van der Waals surface area contributed by atoms with Crippen molar-refractivity contribution in [1.82, 2.24) is 0 Å². The molecule has 0 rings (SSSR count). The highest BCUT2D eigenvalue weighted by Gasteiger charge is 1.86. The van der Waals surface area contributed by atoms with Crippen LogP contribution in [0.25, 0.3) is 0 Å². The molecule has 1 atom stereocenters. The molecular weight excluding hydrogens is 138 g/mol. The molecule has 0 fully saturated rings. The van der Waals surface area contributed by atoms with E-state index in [4.69, 9.17) is 9.46 Å². The molecule has 0 aromatic carbocycles. The highest BCUT2D eigenvalue weighted by molar-refractivity contribution is 7.36. The molecule has 0 saturated heterocycles. The van der Waals surface area contributed by atoms with Crippen molar-refractivity contribution in [2.75, 3.05) is 13.0 Å². The van der Waals surface area contributed by atoms with Crippen LogP contribution >= 0.6 is 19.6 Å². The van der Waals surface area contributed by atoms with Crippen LogP contribution in [-0.4, -0.2) is 23.4 Å². The standard InChI is InChI=1S/CH3Cl.CH3O2P.H2O/c1-2;1-4(2)3;/h1H3;1H3;1H2/p+1. The van der Waals surface area contributed by atoms with Crippen molar-refractivity contribution >= 4 is 19.6 Å². The van der Waals surface area contributed by atoms with Crippen molar-refractivity contribution in [3.05, 3.63) is 0 Å². The summed E-state index contributed by atoms with van der Waals surface area (Å²) in [6, 6.07) is 0. The molecule has 0 aromatic heterocycles. The normalized spacial score (nSPS) is 7.14. The maximum Gasteiger partial charge on any atom is 0.502 e. The van der Waals surface area contributed by atoms with Gasteiger partial charge in [-0.1, -0.05) is 0 Å². The number of hydrogen-bond acceptors (Lipinski definition) is 1. The van der Waals surface area contributed by atoms with E-state index in [0.29, 0.717) is 0 Å². The number of alkyl halides is 1. The molecule has 1 unspecified atom stereocenters. The van der Waals surface area contributed by atoms with E-state index >= 15 is 0 Å². The third-order valence-electron chi connectivity index (χ3n) is 0. The summed E-state index contributed by atoms with van der Waals surface area (Å²) in [4.78, 5) is 7.56. The molecule has 0 aliphatic rings. The Morgan fingerprint density at radius 1 is 1.57 bits per heavy atom.